The van der Waals surface area contributed by atoms with Crippen molar-refractivity contribution in [3.05, 3.63) is 34.9 Å². The summed E-state index contributed by atoms with van der Waals surface area (Å²) < 4.78 is 99.0. The molecule has 4 aliphatic rings. The van der Waals surface area contributed by atoms with E-state index in [2.05, 4.69) is 20.0 Å². The fourth-order valence-electron chi connectivity index (χ4n) is 8.03. The summed E-state index contributed by atoms with van der Waals surface area (Å²) in [4.78, 5) is 12.9. The zero-order chi connectivity index (χ0) is 33.4. The number of nitrogens with two attached hydrogens (primary N) is 1. The molecule has 47 heavy (non-hydrogen) atoms. The van der Waals surface area contributed by atoms with Crippen molar-refractivity contribution in [2.75, 3.05) is 43.4 Å². The van der Waals surface area contributed by atoms with Gasteiger partial charge in [-0.3, -0.25) is 4.90 Å². The minimum absolute atomic E-state index is 0.00906. The molecule has 0 aliphatic carbocycles. The second-order valence-corrected chi connectivity index (χ2v) is 13.2. The number of fused-ring (bicyclic) bond motifs is 4. The number of anilines is 2. The molecule has 2 aromatic carbocycles. The molecule has 0 amide bonds. The predicted octanol–water partition coefficient (Wildman–Crippen LogP) is 5.65. The molecule has 5 heterocycles. The van der Waals surface area contributed by atoms with Crippen molar-refractivity contribution in [3.8, 4) is 22.9 Å². The van der Waals surface area contributed by atoms with Crippen LogP contribution in [0.25, 0.3) is 22.0 Å². The Bertz CT molecular complexity index is 1760. The highest BCUT2D eigenvalue weighted by atomic mass is 19.4. The average Bonchev–Trinajstić information content (AvgIpc) is 3.63. The highest BCUT2D eigenvalue weighted by Crippen LogP contribution is 2.46. The van der Waals surface area contributed by atoms with Gasteiger partial charge in [0.15, 0.2) is 5.82 Å². The van der Waals surface area contributed by atoms with E-state index in [-0.39, 0.29) is 70.4 Å². The number of halogens is 6. The third kappa shape index (κ3) is 5.60. The van der Waals surface area contributed by atoms with Crippen molar-refractivity contribution in [2.45, 2.75) is 76.1 Å². The lowest BCUT2D eigenvalue weighted by Gasteiger charge is -2.34. The molecule has 0 radical (unpaired) electrons. The Morgan fingerprint density at radius 2 is 1.85 bits per heavy atom. The molecular weight excluding hydrogens is 628 g/mol. The topological polar surface area (TPSA) is 113 Å². The molecule has 4 N–H and O–H groups in total. The minimum Gasteiger partial charge on any atom is -0.461 e. The van der Waals surface area contributed by atoms with Crippen LogP contribution >= 0.6 is 0 Å². The van der Waals surface area contributed by atoms with Crippen molar-refractivity contribution in [1.29, 1.82) is 5.41 Å². The predicted molar refractivity (Wildman–Crippen MR) is 164 cm³/mol. The van der Waals surface area contributed by atoms with Crippen LogP contribution in [0.3, 0.4) is 0 Å². The SMILES string of the molecule is CC(=N)c1c(N)cc(C)c(OC(F)(F)F)c1-c1c(F)cc2c(N3CC4CCC(C3)N4)nc(OC[C@@]34CCCN3C[C@H](F)C4)nc2c1F. The first kappa shape index (κ1) is 31.7. The van der Waals surface area contributed by atoms with E-state index in [1.165, 1.54) is 13.8 Å². The number of ether oxygens (including phenoxy) is 2. The van der Waals surface area contributed by atoms with Crippen LogP contribution in [0, 0.1) is 24.0 Å². The lowest BCUT2D eigenvalue weighted by Crippen LogP contribution is -2.51. The largest absolute Gasteiger partial charge is 0.573 e. The van der Waals surface area contributed by atoms with Crippen LogP contribution in [-0.2, 0) is 0 Å². The quantitative estimate of drug-likeness (QED) is 0.169. The van der Waals surface area contributed by atoms with E-state index >= 15 is 8.78 Å². The fourth-order valence-corrected chi connectivity index (χ4v) is 8.03. The smallest absolute Gasteiger partial charge is 0.461 e. The number of benzene rings is 2. The van der Waals surface area contributed by atoms with Crippen LogP contribution in [0.2, 0.25) is 0 Å². The molecule has 4 fully saturated rings. The van der Waals surface area contributed by atoms with Gasteiger partial charge in [-0.1, -0.05) is 0 Å². The second-order valence-electron chi connectivity index (χ2n) is 13.2. The molecular formula is C32H35F6N7O2. The van der Waals surface area contributed by atoms with E-state index in [0.29, 0.717) is 26.1 Å². The first-order valence-corrected chi connectivity index (χ1v) is 15.7. The van der Waals surface area contributed by atoms with E-state index < -0.39 is 46.6 Å². The second kappa shape index (κ2) is 11.4. The fraction of sp³-hybridized carbons (Fsp3) is 0.531. The molecule has 3 aromatic rings. The summed E-state index contributed by atoms with van der Waals surface area (Å²) >= 11 is 0. The first-order chi connectivity index (χ1) is 22.2. The third-order valence-electron chi connectivity index (χ3n) is 9.93. The van der Waals surface area contributed by atoms with Crippen molar-refractivity contribution < 1.29 is 35.8 Å². The molecule has 2 unspecified atom stereocenters. The van der Waals surface area contributed by atoms with Gasteiger partial charge in [-0.05, 0) is 63.8 Å². The van der Waals surface area contributed by atoms with E-state index in [0.717, 1.165) is 37.9 Å². The van der Waals surface area contributed by atoms with Crippen LogP contribution < -0.4 is 25.4 Å². The van der Waals surface area contributed by atoms with Gasteiger partial charge in [0.2, 0.25) is 0 Å². The van der Waals surface area contributed by atoms with Gasteiger partial charge in [0.25, 0.3) is 0 Å². The number of nitrogens with zero attached hydrogens (tertiary/aromatic N) is 4. The minimum atomic E-state index is -5.21. The number of hydrogen-bond acceptors (Lipinski definition) is 9. The number of hydrogen-bond donors (Lipinski definition) is 3. The highest BCUT2D eigenvalue weighted by molar-refractivity contribution is 6.09. The molecule has 2 bridgehead atoms. The normalized spacial score (nSPS) is 25.9. The van der Waals surface area contributed by atoms with Gasteiger partial charge in [-0.2, -0.15) is 9.97 Å². The Labute approximate surface area is 266 Å². The first-order valence-electron chi connectivity index (χ1n) is 15.7. The van der Waals surface area contributed by atoms with E-state index in [4.69, 9.17) is 15.9 Å². The monoisotopic (exact) mass is 663 g/mol. The summed E-state index contributed by atoms with van der Waals surface area (Å²) in [5.41, 5.74) is 2.75. The highest BCUT2D eigenvalue weighted by Gasteiger charge is 2.49. The van der Waals surface area contributed by atoms with E-state index in [1.54, 1.807) is 0 Å². The number of rotatable bonds is 7. The summed E-state index contributed by atoms with van der Waals surface area (Å²) in [6.45, 7) is 4.60. The number of nitrogens with one attached hydrogen (secondary N) is 2. The lowest BCUT2D eigenvalue weighted by atomic mass is 9.90. The Balaban J connectivity index is 1.41. The molecule has 0 saturated carbocycles. The lowest BCUT2D eigenvalue weighted by molar-refractivity contribution is -0.274. The van der Waals surface area contributed by atoms with Gasteiger partial charge in [0.05, 0.1) is 11.1 Å². The van der Waals surface area contributed by atoms with Crippen molar-refractivity contribution in [3.63, 3.8) is 0 Å². The van der Waals surface area contributed by atoms with E-state index in [1.807, 2.05) is 9.80 Å². The van der Waals surface area contributed by atoms with Crippen LogP contribution in [0.1, 0.15) is 50.2 Å². The summed E-state index contributed by atoms with van der Waals surface area (Å²) in [6, 6.07) is 2.23. The van der Waals surface area contributed by atoms with Crippen LogP contribution in [-0.4, -0.2) is 83.5 Å². The standard InChI is InChI=1S/C32H35F6N7O2/c1-15-8-22(40)23(16(2)39)25(28(15)47-32(36,37)38)24-21(34)9-20-27(26(24)35)42-30(43-29(20)44-12-18-4-5-19(13-44)41-18)46-14-31-6-3-7-45(31)11-17(33)10-31/h8-9,17-19,39,41H,3-7,10-14,40H2,1-2H3/t17-,18?,19?,31+/m1/s1. The molecule has 4 atom stereocenters. The van der Waals surface area contributed by atoms with Gasteiger partial charge in [0, 0.05) is 66.1 Å². The summed E-state index contributed by atoms with van der Waals surface area (Å²) in [6.07, 6.45) is -2.51. The van der Waals surface area contributed by atoms with Crippen molar-refractivity contribution in [2.24, 2.45) is 0 Å². The molecule has 4 aliphatic heterocycles. The van der Waals surface area contributed by atoms with Crippen molar-refractivity contribution >= 4 is 28.1 Å². The van der Waals surface area contributed by atoms with Crippen molar-refractivity contribution in [1.82, 2.24) is 20.2 Å². The Kier molecular flexibility index (Phi) is 7.69. The van der Waals surface area contributed by atoms with Crippen LogP contribution in [0.5, 0.6) is 11.8 Å². The van der Waals surface area contributed by atoms with Gasteiger partial charge >= 0.3 is 12.4 Å². The van der Waals surface area contributed by atoms with Crippen LogP contribution in [0.4, 0.5) is 37.8 Å². The maximum absolute atomic E-state index is 16.9. The summed E-state index contributed by atoms with van der Waals surface area (Å²) in [5, 5.41) is 11.8. The van der Waals surface area contributed by atoms with E-state index in [9.17, 15) is 17.6 Å². The molecule has 0 spiro atoms. The molecule has 1 aromatic heterocycles. The molecule has 9 nitrogen and oxygen atoms in total. The average molecular weight is 664 g/mol. The Morgan fingerprint density at radius 3 is 2.53 bits per heavy atom. The Morgan fingerprint density at radius 1 is 1.13 bits per heavy atom. The van der Waals surface area contributed by atoms with Gasteiger partial charge in [-0.15, -0.1) is 13.2 Å². The number of nitrogen functional groups attached to an aromatic ring is 1. The number of alkyl halides is 4. The third-order valence-corrected chi connectivity index (χ3v) is 9.93. The number of piperazine rings is 1. The zero-order valence-corrected chi connectivity index (χ0v) is 25.9. The van der Waals surface area contributed by atoms with Crippen LogP contribution in [0.15, 0.2) is 12.1 Å². The molecule has 7 rings (SSSR count). The number of aryl methyl sites for hydroxylation is 1. The van der Waals surface area contributed by atoms with Gasteiger partial charge in [0.1, 0.15) is 35.7 Å². The zero-order valence-electron chi connectivity index (χ0n) is 25.9. The molecule has 252 valence electrons. The molecule has 4 saturated heterocycles. The molecule has 15 heteroatoms. The maximum Gasteiger partial charge on any atom is 0.573 e. The number of aromatic nitrogens is 2. The summed E-state index contributed by atoms with van der Waals surface area (Å²) in [5.74, 6) is -3.14. The van der Waals surface area contributed by atoms with Gasteiger partial charge < -0.3 is 30.8 Å². The van der Waals surface area contributed by atoms with Gasteiger partial charge in [-0.25, -0.2) is 13.2 Å². The Hall–Kier alpha value is -3.85. The maximum atomic E-state index is 16.9. The summed E-state index contributed by atoms with van der Waals surface area (Å²) in [7, 11) is 0.